The average Bonchev–Trinajstić information content (AvgIpc) is 2.40. The van der Waals surface area contributed by atoms with Crippen LogP contribution in [0.1, 0.15) is 66.7 Å². The number of amides is 1. The SMILES string of the molecule is CCOC1CC(N)(C(=O)NC2CCC(C)(C)CC2)C1(C)C.Cl. The van der Waals surface area contributed by atoms with Gasteiger partial charge < -0.3 is 15.8 Å². The second-order valence-electron chi connectivity index (χ2n) is 8.25. The largest absolute Gasteiger partial charge is 0.378 e. The van der Waals surface area contributed by atoms with Gasteiger partial charge in [-0.05, 0) is 38.0 Å². The number of halogens is 1. The van der Waals surface area contributed by atoms with Crippen molar-refractivity contribution in [3.8, 4) is 0 Å². The molecular formula is C17H33ClN2O2. The Morgan fingerprint density at radius 2 is 1.77 bits per heavy atom. The highest BCUT2D eigenvalue weighted by atomic mass is 35.5. The van der Waals surface area contributed by atoms with Crippen LogP contribution >= 0.6 is 12.4 Å². The van der Waals surface area contributed by atoms with Crippen LogP contribution in [0.3, 0.4) is 0 Å². The van der Waals surface area contributed by atoms with E-state index in [2.05, 4.69) is 19.2 Å². The monoisotopic (exact) mass is 332 g/mol. The first-order chi connectivity index (χ1) is 9.62. The maximum atomic E-state index is 12.7. The lowest BCUT2D eigenvalue weighted by Gasteiger charge is -2.58. The third kappa shape index (κ3) is 3.44. The molecule has 2 aliphatic rings. The van der Waals surface area contributed by atoms with Crippen molar-refractivity contribution in [1.29, 1.82) is 0 Å². The Morgan fingerprint density at radius 1 is 1.23 bits per heavy atom. The molecule has 0 radical (unpaired) electrons. The Hall–Kier alpha value is -0.320. The van der Waals surface area contributed by atoms with Gasteiger partial charge in [0.2, 0.25) is 5.91 Å². The molecular weight excluding hydrogens is 300 g/mol. The van der Waals surface area contributed by atoms with Crippen LogP contribution in [0.15, 0.2) is 0 Å². The number of nitrogens with two attached hydrogens (primary N) is 1. The van der Waals surface area contributed by atoms with Crippen molar-refractivity contribution in [2.24, 2.45) is 16.6 Å². The molecule has 4 nitrogen and oxygen atoms in total. The van der Waals surface area contributed by atoms with Crippen LogP contribution in [-0.2, 0) is 9.53 Å². The van der Waals surface area contributed by atoms with Gasteiger partial charge in [0.05, 0.1) is 6.10 Å². The fourth-order valence-electron chi connectivity index (χ4n) is 3.68. The molecule has 5 heteroatoms. The molecule has 2 fully saturated rings. The summed E-state index contributed by atoms with van der Waals surface area (Å²) in [6, 6.07) is 0.285. The standard InChI is InChI=1S/C17H32N2O2.ClH/c1-6-21-13-11-17(18,16(13,4)5)14(20)19-12-7-9-15(2,3)10-8-12;/h12-13H,6-11,18H2,1-5H3,(H,19,20);1H. The van der Waals surface area contributed by atoms with E-state index in [1.165, 1.54) is 12.8 Å². The third-order valence-corrected chi connectivity index (χ3v) is 5.91. The summed E-state index contributed by atoms with van der Waals surface area (Å²) >= 11 is 0. The Morgan fingerprint density at radius 3 is 2.23 bits per heavy atom. The molecule has 1 amide bonds. The van der Waals surface area contributed by atoms with Crippen molar-refractivity contribution in [1.82, 2.24) is 5.32 Å². The highest BCUT2D eigenvalue weighted by Crippen LogP contribution is 2.50. The van der Waals surface area contributed by atoms with Crippen LogP contribution < -0.4 is 11.1 Å². The Balaban J connectivity index is 0.00000242. The minimum Gasteiger partial charge on any atom is -0.378 e. The highest BCUT2D eigenvalue weighted by molar-refractivity contribution is 5.89. The van der Waals surface area contributed by atoms with E-state index in [-0.39, 0.29) is 35.9 Å². The van der Waals surface area contributed by atoms with Crippen LogP contribution in [-0.4, -0.2) is 30.2 Å². The van der Waals surface area contributed by atoms with Gasteiger partial charge in [-0.25, -0.2) is 0 Å². The molecule has 0 saturated heterocycles. The normalized spacial score (nSPS) is 33.5. The van der Waals surface area contributed by atoms with Crippen molar-refractivity contribution in [2.75, 3.05) is 6.61 Å². The lowest BCUT2D eigenvalue weighted by atomic mass is 9.54. The summed E-state index contributed by atoms with van der Waals surface area (Å²) in [6.07, 6.45) is 5.16. The van der Waals surface area contributed by atoms with E-state index in [9.17, 15) is 4.79 Å². The van der Waals surface area contributed by atoms with Crippen LogP contribution in [0.25, 0.3) is 0 Å². The Labute approximate surface area is 141 Å². The molecule has 0 bridgehead atoms. The predicted octanol–water partition coefficient (Wildman–Crippen LogP) is 3.03. The second-order valence-corrected chi connectivity index (χ2v) is 8.25. The van der Waals surface area contributed by atoms with Crippen LogP contribution in [0.2, 0.25) is 0 Å². The van der Waals surface area contributed by atoms with E-state index in [0.717, 1.165) is 12.8 Å². The van der Waals surface area contributed by atoms with Crippen LogP contribution in [0.5, 0.6) is 0 Å². The summed E-state index contributed by atoms with van der Waals surface area (Å²) in [5.41, 5.74) is 5.74. The molecule has 2 saturated carbocycles. The molecule has 2 aliphatic carbocycles. The van der Waals surface area contributed by atoms with Crippen molar-refractivity contribution < 1.29 is 9.53 Å². The topological polar surface area (TPSA) is 64.3 Å². The van der Waals surface area contributed by atoms with Crippen LogP contribution in [0, 0.1) is 10.8 Å². The van der Waals surface area contributed by atoms with Gasteiger partial charge in [0, 0.05) is 24.5 Å². The van der Waals surface area contributed by atoms with E-state index < -0.39 is 5.54 Å². The fourth-order valence-corrected chi connectivity index (χ4v) is 3.68. The minimum atomic E-state index is -0.792. The summed E-state index contributed by atoms with van der Waals surface area (Å²) in [4.78, 5) is 12.7. The quantitative estimate of drug-likeness (QED) is 0.831. The smallest absolute Gasteiger partial charge is 0.241 e. The van der Waals surface area contributed by atoms with Gasteiger partial charge in [0.25, 0.3) is 0 Å². The summed E-state index contributed by atoms with van der Waals surface area (Å²) in [5, 5.41) is 3.20. The van der Waals surface area contributed by atoms with Gasteiger partial charge in [-0.15, -0.1) is 12.4 Å². The maximum Gasteiger partial charge on any atom is 0.241 e. The molecule has 22 heavy (non-hydrogen) atoms. The Kier molecular flexibility index (Phi) is 5.97. The van der Waals surface area contributed by atoms with Gasteiger partial charge in [-0.3, -0.25) is 4.79 Å². The Bertz CT molecular complexity index is 401. The van der Waals surface area contributed by atoms with E-state index in [4.69, 9.17) is 10.5 Å². The predicted molar refractivity (Wildman–Crippen MR) is 92.2 cm³/mol. The zero-order chi connectivity index (χ0) is 15.9. The molecule has 130 valence electrons. The molecule has 2 unspecified atom stereocenters. The van der Waals surface area contributed by atoms with E-state index in [1.54, 1.807) is 0 Å². The highest BCUT2D eigenvalue weighted by Gasteiger charge is 2.63. The fraction of sp³-hybridized carbons (Fsp3) is 0.941. The van der Waals surface area contributed by atoms with E-state index in [1.807, 2.05) is 20.8 Å². The number of hydrogen-bond acceptors (Lipinski definition) is 3. The molecule has 3 N–H and O–H groups in total. The van der Waals surface area contributed by atoms with Gasteiger partial charge in [-0.2, -0.15) is 0 Å². The van der Waals surface area contributed by atoms with E-state index in [0.29, 0.717) is 18.4 Å². The van der Waals surface area contributed by atoms with Gasteiger partial charge >= 0.3 is 0 Å². The number of hydrogen-bond donors (Lipinski definition) is 2. The number of ether oxygens (including phenoxy) is 1. The molecule has 2 rings (SSSR count). The number of carbonyl (C=O) groups excluding carboxylic acids is 1. The molecule has 0 aromatic heterocycles. The summed E-state index contributed by atoms with van der Waals surface area (Å²) in [7, 11) is 0. The molecule has 0 heterocycles. The van der Waals surface area contributed by atoms with E-state index >= 15 is 0 Å². The number of rotatable bonds is 4. The van der Waals surface area contributed by atoms with Gasteiger partial charge in [-0.1, -0.05) is 27.7 Å². The van der Waals surface area contributed by atoms with Crippen LogP contribution in [0.4, 0.5) is 0 Å². The zero-order valence-corrected chi connectivity index (χ0v) is 15.5. The lowest BCUT2D eigenvalue weighted by molar-refractivity contribution is -0.171. The third-order valence-electron chi connectivity index (χ3n) is 5.91. The first-order valence-electron chi connectivity index (χ1n) is 8.34. The summed E-state index contributed by atoms with van der Waals surface area (Å²) in [6.45, 7) is 11.3. The first kappa shape index (κ1) is 19.7. The molecule has 2 atom stereocenters. The molecule has 0 aliphatic heterocycles. The lowest BCUT2D eigenvalue weighted by Crippen LogP contribution is -2.76. The number of nitrogens with one attached hydrogen (secondary N) is 1. The average molecular weight is 333 g/mol. The number of carbonyl (C=O) groups is 1. The zero-order valence-electron chi connectivity index (χ0n) is 14.7. The molecule has 0 spiro atoms. The van der Waals surface area contributed by atoms with Gasteiger partial charge in [0.15, 0.2) is 0 Å². The van der Waals surface area contributed by atoms with Crippen molar-refractivity contribution in [2.45, 2.75) is 84.4 Å². The van der Waals surface area contributed by atoms with Crippen molar-refractivity contribution >= 4 is 18.3 Å². The maximum absolute atomic E-state index is 12.7. The molecule has 0 aromatic carbocycles. The first-order valence-corrected chi connectivity index (χ1v) is 8.34. The minimum absolute atomic E-state index is 0. The van der Waals surface area contributed by atoms with Crippen molar-refractivity contribution in [3.63, 3.8) is 0 Å². The molecule has 0 aromatic rings. The van der Waals surface area contributed by atoms with Gasteiger partial charge in [0.1, 0.15) is 5.54 Å². The second kappa shape index (κ2) is 6.66. The summed E-state index contributed by atoms with van der Waals surface area (Å²) in [5.74, 6) is 0.00755. The summed E-state index contributed by atoms with van der Waals surface area (Å²) < 4.78 is 5.70. The van der Waals surface area contributed by atoms with Crippen molar-refractivity contribution in [3.05, 3.63) is 0 Å².